The molecule has 4 saturated carbocycles. The van der Waals surface area contributed by atoms with E-state index in [-0.39, 0.29) is 12.3 Å². The summed E-state index contributed by atoms with van der Waals surface area (Å²) in [6, 6.07) is 10.5. The molecule has 0 spiro atoms. The molecule has 240 valence electrons. The second kappa shape index (κ2) is 18.8. The number of nitrogens with one attached hydrogen (secondary N) is 2. The molecule has 1 aromatic heterocycles. The van der Waals surface area contributed by atoms with Crippen molar-refractivity contribution in [2.75, 3.05) is 0 Å². The Kier molecular flexibility index (Phi) is 14.9. The van der Waals surface area contributed by atoms with Gasteiger partial charge in [0.1, 0.15) is 11.4 Å². The lowest BCUT2D eigenvalue weighted by Crippen LogP contribution is -2.40. The molecular formula is C35H55N3O4S. The van der Waals surface area contributed by atoms with E-state index in [0.29, 0.717) is 11.1 Å². The number of aromatic nitrogens is 1. The van der Waals surface area contributed by atoms with Gasteiger partial charge in [-0.1, -0.05) is 89.2 Å². The van der Waals surface area contributed by atoms with Gasteiger partial charge in [0.05, 0.1) is 6.42 Å². The Hall–Kier alpha value is -1.90. The predicted octanol–water partition coefficient (Wildman–Crippen LogP) is 8.33. The number of carboxylic acid groups (broad SMARTS) is 1. The topological polar surface area (TPSA) is 104 Å². The molecule has 0 saturated heterocycles. The lowest BCUT2D eigenvalue weighted by atomic mass is 9.91. The summed E-state index contributed by atoms with van der Waals surface area (Å²) >= 11 is 3.66. The van der Waals surface area contributed by atoms with Crippen LogP contribution in [0.25, 0.3) is 11.1 Å². The molecule has 1 aromatic carbocycles. The average molecular weight is 614 g/mol. The summed E-state index contributed by atoms with van der Waals surface area (Å²) in [5.74, 6) is -1.96. The van der Waals surface area contributed by atoms with E-state index in [2.05, 4.69) is 28.2 Å². The molecule has 3 N–H and O–H groups in total. The first kappa shape index (κ1) is 34.0. The summed E-state index contributed by atoms with van der Waals surface area (Å²) in [6.45, 7) is 0. The number of carboxylic acids is 1. The first-order valence-electron chi connectivity index (χ1n) is 17.3. The fourth-order valence-electron chi connectivity index (χ4n) is 7.24. The maximum absolute atomic E-state index is 11.3. The highest BCUT2D eigenvalue weighted by molar-refractivity contribution is 7.96. The molecule has 1 atom stereocenters. The number of nitrogens with zero attached hydrogens (tertiary/aromatic N) is 1. The Labute approximate surface area is 264 Å². The lowest BCUT2D eigenvalue weighted by Gasteiger charge is -2.30. The summed E-state index contributed by atoms with van der Waals surface area (Å²) in [5.41, 5.74) is 1.11. The lowest BCUT2D eigenvalue weighted by molar-refractivity contribution is -0.138. The summed E-state index contributed by atoms with van der Waals surface area (Å²) < 4.78 is 5.35. The molecule has 4 fully saturated rings. The van der Waals surface area contributed by atoms with Crippen LogP contribution in [0, 0.1) is 0 Å². The number of hydrogen-bond donors (Lipinski definition) is 4. The molecule has 6 rings (SSSR count). The van der Waals surface area contributed by atoms with Gasteiger partial charge in [0, 0.05) is 24.2 Å². The number of oxazole rings is 1. The molecule has 0 bridgehead atoms. The smallest absolute Gasteiger partial charge is 0.304 e. The van der Waals surface area contributed by atoms with E-state index in [0.717, 1.165) is 24.2 Å². The second-order valence-electron chi connectivity index (χ2n) is 13.2. The van der Waals surface area contributed by atoms with Crippen LogP contribution < -0.4 is 10.6 Å². The molecule has 7 nitrogen and oxygen atoms in total. The van der Waals surface area contributed by atoms with Crippen LogP contribution in [-0.4, -0.2) is 45.3 Å². The van der Waals surface area contributed by atoms with Crippen molar-refractivity contribution in [1.29, 1.82) is 0 Å². The summed E-state index contributed by atoms with van der Waals surface area (Å²) in [5, 5.41) is 15.9. The van der Waals surface area contributed by atoms with Crippen molar-refractivity contribution >= 4 is 34.8 Å². The molecule has 0 amide bonds. The van der Waals surface area contributed by atoms with Crippen LogP contribution in [-0.2, 0) is 9.59 Å². The van der Waals surface area contributed by atoms with Crippen LogP contribution >= 0.6 is 12.6 Å². The van der Waals surface area contributed by atoms with Gasteiger partial charge in [-0.2, -0.15) is 0 Å². The monoisotopic (exact) mass is 613 g/mol. The second-order valence-corrected chi connectivity index (χ2v) is 13.6. The van der Waals surface area contributed by atoms with Crippen molar-refractivity contribution in [2.24, 2.45) is 0 Å². The minimum atomic E-state index is -1.10. The third-order valence-corrected chi connectivity index (χ3v) is 9.96. The third-order valence-electron chi connectivity index (χ3n) is 9.65. The fourth-order valence-corrected chi connectivity index (χ4v) is 7.44. The zero-order valence-corrected chi connectivity index (χ0v) is 27.0. The number of benzene rings is 1. The van der Waals surface area contributed by atoms with Gasteiger partial charge in [0.15, 0.2) is 10.7 Å². The van der Waals surface area contributed by atoms with E-state index in [1.807, 2.05) is 0 Å². The van der Waals surface area contributed by atoms with Gasteiger partial charge in [-0.15, -0.1) is 12.6 Å². The van der Waals surface area contributed by atoms with Crippen molar-refractivity contribution in [3.63, 3.8) is 0 Å². The van der Waals surface area contributed by atoms with Gasteiger partial charge in [-0.05, 0) is 63.5 Å². The molecule has 0 aliphatic heterocycles. The van der Waals surface area contributed by atoms with E-state index in [9.17, 15) is 9.59 Å². The Morgan fingerprint density at radius 2 is 1.12 bits per heavy atom. The van der Waals surface area contributed by atoms with Gasteiger partial charge in [0.25, 0.3) is 0 Å². The van der Waals surface area contributed by atoms with Gasteiger partial charge in [-0.3, -0.25) is 9.59 Å². The quantitative estimate of drug-likeness (QED) is 0.222. The number of carbonyl (C=O) groups excluding carboxylic acids is 1. The SMILES string of the molecule is C1CCC(NC2CCCCC2)CC1.C1CCC(NC2CCCCC2)CC1.O=C(O)CC(C(=O)S)c1nc2ccccc2o1. The molecule has 1 unspecified atom stereocenters. The highest BCUT2D eigenvalue weighted by atomic mass is 32.1. The first-order chi connectivity index (χ1) is 21.0. The van der Waals surface area contributed by atoms with Gasteiger partial charge in [-0.25, -0.2) is 4.98 Å². The largest absolute Gasteiger partial charge is 0.481 e. The van der Waals surface area contributed by atoms with Crippen LogP contribution in [0.1, 0.15) is 147 Å². The standard InChI is InChI=1S/2C12H23N.C11H9NO4S/c2*1-3-7-11(8-4-1)13-12-9-5-2-6-10-12;13-9(14)5-6(11(15)17)10-12-7-3-1-2-4-8(7)16-10/h2*11-13H,1-10H2;1-4,6H,5H2,(H,13,14)(H,15,17). The van der Waals surface area contributed by atoms with Gasteiger partial charge >= 0.3 is 5.97 Å². The number of rotatable bonds is 8. The third kappa shape index (κ3) is 12.2. The average Bonchev–Trinajstić information content (AvgIpc) is 3.46. The van der Waals surface area contributed by atoms with Gasteiger partial charge in [0.2, 0.25) is 5.89 Å². The molecule has 8 heteroatoms. The van der Waals surface area contributed by atoms with Crippen molar-refractivity contribution in [2.45, 2.75) is 165 Å². The fraction of sp³-hybridized carbons (Fsp3) is 0.743. The van der Waals surface area contributed by atoms with E-state index >= 15 is 0 Å². The minimum Gasteiger partial charge on any atom is -0.481 e. The van der Waals surface area contributed by atoms with E-state index in [4.69, 9.17) is 9.52 Å². The van der Waals surface area contributed by atoms with Crippen molar-refractivity contribution in [1.82, 2.24) is 15.6 Å². The highest BCUT2D eigenvalue weighted by Gasteiger charge is 2.26. The predicted molar refractivity (Wildman–Crippen MR) is 177 cm³/mol. The Morgan fingerprint density at radius 3 is 1.47 bits per heavy atom. The van der Waals surface area contributed by atoms with Crippen LogP contribution in [0.15, 0.2) is 28.7 Å². The normalized spacial score (nSPS) is 21.7. The number of para-hydroxylation sites is 2. The Balaban J connectivity index is 0.000000150. The number of hydrogen-bond acceptors (Lipinski definition) is 6. The Bertz CT molecular complexity index is 985. The minimum absolute atomic E-state index is 0.0913. The molecule has 43 heavy (non-hydrogen) atoms. The molecule has 2 aromatic rings. The maximum Gasteiger partial charge on any atom is 0.304 e. The van der Waals surface area contributed by atoms with Crippen LogP contribution in [0.3, 0.4) is 0 Å². The number of thiol groups is 1. The zero-order valence-electron chi connectivity index (χ0n) is 26.1. The van der Waals surface area contributed by atoms with Gasteiger partial charge < -0.3 is 20.2 Å². The molecule has 0 radical (unpaired) electrons. The molecule has 4 aliphatic rings. The van der Waals surface area contributed by atoms with Crippen LogP contribution in [0.5, 0.6) is 0 Å². The van der Waals surface area contributed by atoms with E-state index in [1.54, 1.807) is 24.3 Å². The molecule has 1 heterocycles. The Morgan fingerprint density at radius 1 is 0.721 bits per heavy atom. The van der Waals surface area contributed by atoms with E-state index < -0.39 is 17.0 Å². The zero-order chi connectivity index (χ0) is 30.3. The van der Waals surface area contributed by atoms with Crippen molar-refractivity contribution < 1.29 is 19.1 Å². The number of fused-ring (bicyclic) bond motifs is 1. The van der Waals surface area contributed by atoms with Crippen molar-refractivity contribution in [3.05, 3.63) is 30.2 Å². The van der Waals surface area contributed by atoms with E-state index in [1.165, 1.54) is 128 Å². The van der Waals surface area contributed by atoms with Crippen LogP contribution in [0.4, 0.5) is 0 Å². The number of aliphatic carboxylic acids is 1. The number of carbonyl (C=O) groups is 2. The van der Waals surface area contributed by atoms with Crippen LogP contribution in [0.2, 0.25) is 0 Å². The van der Waals surface area contributed by atoms with Crippen molar-refractivity contribution in [3.8, 4) is 0 Å². The summed E-state index contributed by atoms with van der Waals surface area (Å²) in [7, 11) is 0. The molecule has 4 aliphatic carbocycles. The maximum atomic E-state index is 11.3. The summed E-state index contributed by atoms with van der Waals surface area (Å²) in [6.07, 6.45) is 28.7. The molecular weight excluding hydrogens is 558 g/mol. The first-order valence-corrected chi connectivity index (χ1v) is 17.7. The highest BCUT2D eigenvalue weighted by Crippen LogP contribution is 2.26. The summed E-state index contributed by atoms with van der Waals surface area (Å²) in [4.78, 5) is 26.0.